The van der Waals surface area contributed by atoms with Crippen molar-refractivity contribution in [3.05, 3.63) is 23.8 Å². The van der Waals surface area contributed by atoms with Crippen LogP contribution in [0, 0.1) is 0 Å². The quantitative estimate of drug-likeness (QED) is 0.682. The van der Waals surface area contributed by atoms with Crippen LogP contribution in [0.1, 0.15) is 10.1 Å². The molecule has 0 saturated carbocycles. The Balaban J connectivity index is 2.91. The molecule has 2 N–H and O–H groups in total. The molecule has 1 aromatic carbocycles. The lowest BCUT2D eigenvalue weighted by Gasteiger charge is -2.19. The van der Waals surface area contributed by atoms with Gasteiger partial charge in [0.05, 0.1) is 32.0 Å². The zero-order valence-electron chi connectivity index (χ0n) is 11.2. The van der Waals surface area contributed by atoms with E-state index in [1.54, 1.807) is 37.7 Å². The maximum Gasteiger partial charge on any atom is 0.127 e. The van der Waals surface area contributed by atoms with Gasteiger partial charge >= 0.3 is 0 Å². The highest BCUT2D eigenvalue weighted by Crippen LogP contribution is 2.44. The van der Waals surface area contributed by atoms with E-state index in [1.807, 2.05) is 18.2 Å². The topological polar surface area (TPSA) is 58.9 Å². The van der Waals surface area contributed by atoms with E-state index in [1.165, 1.54) is 0 Å². The van der Waals surface area contributed by atoms with Gasteiger partial charge in [-0.25, -0.2) is 0 Å². The van der Waals surface area contributed by atoms with E-state index in [4.69, 9.17) is 19.7 Å². The second kappa shape index (κ2) is 9.36. The van der Waals surface area contributed by atoms with Crippen LogP contribution >= 0.6 is 23.5 Å². The molecule has 1 aromatic rings. The van der Waals surface area contributed by atoms with Crippen molar-refractivity contribution in [3.8, 4) is 11.5 Å². The highest BCUT2D eigenvalue weighted by Gasteiger charge is 2.17. The first-order valence-corrected chi connectivity index (χ1v) is 8.03. The molecule has 0 bridgehead atoms. The molecular weight excluding hydrogens is 284 g/mol. The average molecular weight is 304 g/mol. The fraction of sp³-hybridized carbons (Fsp3) is 0.538. The fourth-order valence-electron chi connectivity index (χ4n) is 1.56. The van der Waals surface area contributed by atoms with E-state index in [2.05, 4.69) is 0 Å². The summed E-state index contributed by atoms with van der Waals surface area (Å²) in [6.45, 7) is 0.276. The summed E-state index contributed by atoms with van der Waals surface area (Å²) in [5.74, 6) is 2.82. The van der Waals surface area contributed by atoms with Crippen LogP contribution in [0.15, 0.2) is 18.2 Å². The minimum Gasteiger partial charge on any atom is -0.497 e. The van der Waals surface area contributed by atoms with Crippen LogP contribution < -0.4 is 9.47 Å². The van der Waals surface area contributed by atoms with E-state index in [0.717, 1.165) is 17.1 Å². The highest BCUT2D eigenvalue weighted by atomic mass is 32.2. The largest absolute Gasteiger partial charge is 0.497 e. The highest BCUT2D eigenvalue weighted by molar-refractivity contribution is 8.16. The monoisotopic (exact) mass is 304 g/mol. The Kier molecular flexibility index (Phi) is 8.13. The summed E-state index contributed by atoms with van der Waals surface area (Å²) >= 11 is 3.28. The second-order valence-electron chi connectivity index (χ2n) is 3.63. The smallest absolute Gasteiger partial charge is 0.127 e. The van der Waals surface area contributed by atoms with Crippen LogP contribution in [-0.2, 0) is 0 Å². The lowest BCUT2D eigenvalue weighted by atomic mass is 10.2. The summed E-state index contributed by atoms with van der Waals surface area (Å²) in [5.41, 5.74) is 1.04. The molecule has 0 fully saturated rings. The van der Waals surface area contributed by atoms with Gasteiger partial charge in [-0.1, -0.05) is 0 Å². The van der Waals surface area contributed by atoms with Crippen molar-refractivity contribution in [2.24, 2.45) is 0 Å². The van der Waals surface area contributed by atoms with Gasteiger partial charge in [0.25, 0.3) is 0 Å². The summed E-state index contributed by atoms with van der Waals surface area (Å²) in [5, 5.41) is 17.9. The Morgan fingerprint density at radius 1 is 1.05 bits per heavy atom. The molecule has 0 aliphatic heterocycles. The molecule has 0 spiro atoms. The molecule has 0 saturated heterocycles. The Bertz CT molecular complexity index is 366. The molecule has 108 valence electrons. The van der Waals surface area contributed by atoms with Gasteiger partial charge < -0.3 is 19.7 Å². The van der Waals surface area contributed by atoms with Crippen LogP contribution in [0.4, 0.5) is 0 Å². The average Bonchev–Trinajstić information content (AvgIpc) is 2.47. The van der Waals surface area contributed by atoms with Crippen LogP contribution in [0.3, 0.4) is 0 Å². The molecule has 6 heteroatoms. The molecule has 4 nitrogen and oxygen atoms in total. The number of methoxy groups -OCH3 is 2. The van der Waals surface area contributed by atoms with Gasteiger partial charge in [0.15, 0.2) is 0 Å². The number of hydrogen-bond donors (Lipinski definition) is 2. The molecule has 0 aliphatic rings. The summed E-state index contributed by atoms with van der Waals surface area (Å²) in [7, 11) is 3.25. The first kappa shape index (κ1) is 16.5. The second-order valence-corrected chi connectivity index (χ2v) is 6.35. The molecule has 0 aromatic heterocycles. The normalized spacial score (nSPS) is 10.8. The van der Waals surface area contributed by atoms with E-state index in [0.29, 0.717) is 11.5 Å². The molecule has 0 heterocycles. The molecule has 1 rings (SSSR count). The number of rotatable bonds is 9. The molecule has 19 heavy (non-hydrogen) atoms. The number of thioether (sulfide) groups is 2. The van der Waals surface area contributed by atoms with Gasteiger partial charge in [0.1, 0.15) is 11.5 Å². The third kappa shape index (κ3) is 5.14. The Morgan fingerprint density at radius 2 is 1.68 bits per heavy atom. The van der Waals surface area contributed by atoms with E-state index < -0.39 is 0 Å². The molecular formula is C13H20O4S2. The maximum atomic E-state index is 8.97. The van der Waals surface area contributed by atoms with E-state index in [9.17, 15) is 0 Å². The van der Waals surface area contributed by atoms with E-state index in [-0.39, 0.29) is 17.8 Å². The number of aliphatic hydroxyl groups excluding tert-OH is 2. The molecule has 0 unspecified atom stereocenters. The summed E-state index contributed by atoms with van der Waals surface area (Å²) < 4.78 is 10.7. The van der Waals surface area contributed by atoms with Crippen molar-refractivity contribution in [2.75, 3.05) is 38.9 Å². The third-order valence-corrected chi connectivity index (χ3v) is 5.18. The van der Waals surface area contributed by atoms with Crippen LogP contribution in [-0.4, -0.2) is 49.2 Å². The summed E-state index contributed by atoms with van der Waals surface area (Å²) in [6, 6.07) is 5.71. The summed E-state index contributed by atoms with van der Waals surface area (Å²) in [4.78, 5) is 0. The number of benzene rings is 1. The van der Waals surface area contributed by atoms with Crippen LogP contribution in [0.5, 0.6) is 11.5 Å². The van der Waals surface area contributed by atoms with Gasteiger partial charge in [0, 0.05) is 23.1 Å². The number of ether oxygens (including phenoxy) is 2. The number of aliphatic hydroxyl groups is 2. The fourth-order valence-corrected chi connectivity index (χ4v) is 3.91. The van der Waals surface area contributed by atoms with Crippen molar-refractivity contribution in [1.29, 1.82) is 0 Å². The minimum absolute atomic E-state index is 0.125. The van der Waals surface area contributed by atoms with Crippen molar-refractivity contribution in [2.45, 2.75) is 4.58 Å². The molecule has 0 atom stereocenters. The first-order chi connectivity index (χ1) is 9.26. The lowest BCUT2D eigenvalue weighted by molar-refractivity contribution is 0.322. The van der Waals surface area contributed by atoms with Crippen molar-refractivity contribution in [1.82, 2.24) is 0 Å². The zero-order chi connectivity index (χ0) is 14.1. The Morgan fingerprint density at radius 3 is 2.16 bits per heavy atom. The van der Waals surface area contributed by atoms with Crippen LogP contribution in [0.2, 0.25) is 0 Å². The SMILES string of the molecule is COc1ccc(C(SCCO)SCCO)c(OC)c1. The maximum absolute atomic E-state index is 8.97. The zero-order valence-corrected chi connectivity index (χ0v) is 12.8. The summed E-state index contributed by atoms with van der Waals surface area (Å²) in [6.07, 6.45) is 0. The molecule has 0 amide bonds. The van der Waals surface area contributed by atoms with E-state index >= 15 is 0 Å². The van der Waals surface area contributed by atoms with Crippen molar-refractivity contribution in [3.63, 3.8) is 0 Å². The van der Waals surface area contributed by atoms with Crippen molar-refractivity contribution < 1.29 is 19.7 Å². The molecule has 0 radical (unpaired) electrons. The van der Waals surface area contributed by atoms with Crippen molar-refractivity contribution >= 4 is 23.5 Å². The van der Waals surface area contributed by atoms with Gasteiger partial charge in [-0.05, 0) is 12.1 Å². The molecule has 0 aliphatic carbocycles. The first-order valence-electron chi connectivity index (χ1n) is 5.93. The van der Waals surface area contributed by atoms with Gasteiger partial charge in [0.2, 0.25) is 0 Å². The standard InChI is InChI=1S/C13H20O4S2/c1-16-10-3-4-11(12(9-10)17-2)13(18-7-5-14)19-8-6-15/h3-4,9,13-15H,5-8H2,1-2H3. The van der Waals surface area contributed by atoms with Crippen LogP contribution in [0.25, 0.3) is 0 Å². The Hall–Kier alpha value is -0.560. The predicted molar refractivity (Wildman–Crippen MR) is 81.4 cm³/mol. The number of hydrogen-bond acceptors (Lipinski definition) is 6. The minimum atomic E-state index is 0.125. The van der Waals surface area contributed by atoms with Gasteiger partial charge in [-0.15, -0.1) is 23.5 Å². The lowest BCUT2D eigenvalue weighted by Crippen LogP contribution is -2.00. The van der Waals surface area contributed by atoms with Gasteiger partial charge in [-0.2, -0.15) is 0 Å². The van der Waals surface area contributed by atoms with Gasteiger partial charge in [-0.3, -0.25) is 0 Å². The third-order valence-electron chi connectivity index (χ3n) is 2.42. The Labute approximate surface area is 122 Å². The predicted octanol–water partition coefficient (Wildman–Crippen LogP) is 2.15.